The quantitative estimate of drug-likeness (QED) is 0.780. The molecule has 0 aliphatic rings. The molecule has 0 aliphatic heterocycles. The van der Waals surface area contributed by atoms with Crippen LogP contribution < -0.4 is 16.0 Å². The van der Waals surface area contributed by atoms with Gasteiger partial charge in [-0.1, -0.05) is 0 Å². The molecule has 16 heavy (non-hydrogen) atoms. The first-order valence-electron chi connectivity index (χ1n) is 5.26. The Morgan fingerprint density at radius 2 is 2.31 bits per heavy atom. The van der Waals surface area contributed by atoms with Crippen molar-refractivity contribution in [3.63, 3.8) is 0 Å². The molecule has 1 aromatic heterocycles. The molecule has 0 fully saturated rings. The molecule has 0 unspecified atom stereocenters. The maximum absolute atomic E-state index is 11.3. The van der Waals surface area contributed by atoms with E-state index in [0.717, 1.165) is 11.4 Å². The second kappa shape index (κ2) is 5.34. The molecular weight excluding hydrogens is 204 g/mol. The second-order valence-corrected chi connectivity index (χ2v) is 3.59. The Morgan fingerprint density at radius 3 is 2.81 bits per heavy atom. The highest BCUT2D eigenvalue weighted by molar-refractivity contribution is 5.80. The molecule has 1 heterocycles. The van der Waals surface area contributed by atoms with Crippen LogP contribution in [-0.4, -0.2) is 31.0 Å². The monoisotopic (exact) mass is 222 g/mol. The molecule has 0 radical (unpaired) electrons. The molecule has 5 nitrogen and oxygen atoms in total. The zero-order chi connectivity index (χ0) is 12.1. The summed E-state index contributed by atoms with van der Waals surface area (Å²) in [6, 6.07) is 1.79. The Bertz CT molecular complexity index is 378. The Labute approximate surface area is 95.7 Å². The van der Waals surface area contributed by atoms with E-state index in [9.17, 15) is 4.79 Å². The number of hydrogen-bond donors (Lipinski definition) is 2. The number of aryl methyl sites for hydroxylation is 1. The molecule has 1 rings (SSSR count). The minimum absolute atomic E-state index is 0.0391. The van der Waals surface area contributed by atoms with Gasteiger partial charge in [-0.05, 0) is 19.4 Å². The fourth-order valence-electron chi connectivity index (χ4n) is 1.31. The second-order valence-electron chi connectivity index (χ2n) is 3.59. The first kappa shape index (κ1) is 12.3. The minimum Gasteiger partial charge on any atom is -0.398 e. The van der Waals surface area contributed by atoms with Gasteiger partial charge in [-0.25, -0.2) is 4.98 Å². The zero-order valence-electron chi connectivity index (χ0n) is 9.95. The van der Waals surface area contributed by atoms with Gasteiger partial charge in [0.25, 0.3) is 0 Å². The van der Waals surface area contributed by atoms with Crippen molar-refractivity contribution < 1.29 is 4.79 Å². The summed E-state index contributed by atoms with van der Waals surface area (Å²) in [5.41, 5.74) is 7.45. The van der Waals surface area contributed by atoms with Crippen LogP contribution in [0.5, 0.6) is 0 Å². The van der Waals surface area contributed by atoms with Crippen molar-refractivity contribution in [2.45, 2.75) is 13.8 Å². The van der Waals surface area contributed by atoms with Gasteiger partial charge < -0.3 is 16.0 Å². The molecule has 0 aromatic carbocycles. The van der Waals surface area contributed by atoms with Crippen LogP contribution in [0.25, 0.3) is 0 Å². The minimum atomic E-state index is -0.0391. The molecule has 0 aliphatic carbocycles. The lowest BCUT2D eigenvalue weighted by molar-refractivity contribution is -0.119. The summed E-state index contributed by atoms with van der Waals surface area (Å²) in [7, 11) is 1.62. The lowest BCUT2D eigenvalue weighted by Gasteiger charge is -2.21. The first-order valence-corrected chi connectivity index (χ1v) is 5.26. The van der Waals surface area contributed by atoms with Gasteiger partial charge in [-0.3, -0.25) is 4.79 Å². The number of rotatable bonds is 4. The summed E-state index contributed by atoms with van der Waals surface area (Å²) in [4.78, 5) is 17.4. The van der Waals surface area contributed by atoms with Crippen LogP contribution in [0.3, 0.4) is 0 Å². The van der Waals surface area contributed by atoms with E-state index in [1.54, 1.807) is 19.3 Å². The number of nitrogens with one attached hydrogen (secondary N) is 1. The van der Waals surface area contributed by atoms with Crippen LogP contribution in [0.2, 0.25) is 0 Å². The van der Waals surface area contributed by atoms with Gasteiger partial charge in [0.15, 0.2) is 0 Å². The van der Waals surface area contributed by atoms with Crippen molar-refractivity contribution >= 4 is 17.4 Å². The van der Waals surface area contributed by atoms with E-state index >= 15 is 0 Å². The van der Waals surface area contributed by atoms with Gasteiger partial charge in [0.1, 0.15) is 5.82 Å². The van der Waals surface area contributed by atoms with E-state index in [2.05, 4.69) is 10.3 Å². The maximum Gasteiger partial charge on any atom is 0.239 e. The molecule has 0 bridgehead atoms. The van der Waals surface area contributed by atoms with Crippen molar-refractivity contribution in [1.29, 1.82) is 0 Å². The third-order valence-electron chi connectivity index (χ3n) is 2.45. The van der Waals surface area contributed by atoms with Crippen LogP contribution in [0.15, 0.2) is 12.3 Å². The van der Waals surface area contributed by atoms with Gasteiger partial charge >= 0.3 is 0 Å². The lowest BCUT2D eigenvalue weighted by atomic mass is 10.2. The van der Waals surface area contributed by atoms with Gasteiger partial charge in [-0.2, -0.15) is 0 Å². The molecule has 0 saturated carbocycles. The summed E-state index contributed by atoms with van der Waals surface area (Å²) in [5.74, 6) is 0.692. The van der Waals surface area contributed by atoms with Crippen LogP contribution >= 0.6 is 0 Å². The summed E-state index contributed by atoms with van der Waals surface area (Å²) in [6.07, 6.45) is 1.72. The molecule has 5 heteroatoms. The molecule has 0 saturated heterocycles. The number of anilines is 2. The van der Waals surface area contributed by atoms with E-state index in [4.69, 9.17) is 5.73 Å². The molecule has 3 N–H and O–H groups in total. The lowest BCUT2D eigenvalue weighted by Crippen LogP contribution is -2.36. The highest BCUT2D eigenvalue weighted by Gasteiger charge is 2.10. The third kappa shape index (κ3) is 2.85. The van der Waals surface area contributed by atoms with Gasteiger partial charge in [0, 0.05) is 31.5 Å². The maximum atomic E-state index is 11.3. The average molecular weight is 222 g/mol. The van der Waals surface area contributed by atoms with E-state index < -0.39 is 0 Å². The number of nitrogen functional groups attached to an aromatic ring is 1. The average Bonchev–Trinajstić information content (AvgIpc) is 2.29. The van der Waals surface area contributed by atoms with E-state index in [0.29, 0.717) is 18.8 Å². The number of hydrogen-bond acceptors (Lipinski definition) is 4. The number of likely N-dealkylation sites (N-methyl/N-ethyl adjacent to an activating group) is 2. The molecule has 1 amide bonds. The largest absolute Gasteiger partial charge is 0.398 e. The molecular formula is C11H18N4O. The number of pyridine rings is 1. The van der Waals surface area contributed by atoms with E-state index in [1.165, 1.54) is 0 Å². The van der Waals surface area contributed by atoms with Crippen LogP contribution in [0, 0.1) is 6.92 Å². The van der Waals surface area contributed by atoms with Crippen LogP contribution in [-0.2, 0) is 4.79 Å². The van der Waals surface area contributed by atoms with Crippen LogP contribution in [0.1, 0.15) is 12.5 Å². The number of nitrogens with zero attached hydrogens (tertiary/aromatic N) is 2. The number of carbonyl (C=O) groups excluding carboxylic acids is 1. The van der Waals surface area contributed by atoms with Gasteiger partial charge in [0.05, 0.1) is 6.54 Å². The third-order valence-corrected chi connectivity index (χ3v) is 2.45. The Morgan fingerprint density at radius 1 is 1.62 bits per heavy atom. The Hall–Kier alpha value is -1.78. The SMILES string of the molecule is CCN(CC(=O)NC)c1cc(N)c(C)cn1. The molecule has 0 atom stereocenters. The Kier molecular flexibility index (Phi) is 4.10. The predicted molar refractivity (Wildman–Crippen MR) is 65.3 cm³/mol. The van der Waals surface area contributed by atoms with Crippen molar-refractivity contribution in [2.24, 2.45) is 0 Å². The summed E-state index contributed by atoms with van der Waals surface area (Å²) >= 11 is 0. The standard InChI is InChI=1S/C11H18N4O/c1-4-15(7-11(16)13-3)10-5-9(12)8(2)6-14-10/h5-6H,4,7H2,1-3H3,(H2,12,14)(H,13,16). The zero-order valence-corrected chi connectivity index (χ0v) is 9.95. The highest BCUT2D eigenvalue weighted by atomic mass is 16.1. The molecule has 88 valence electrons. The number of amides is 1. The number of carbonyl (C=O) groups is 1. The number of aromatic nitrogens is 1. The number of nitrogens with two attached hydrogens (primary N) is 1. The van der Waals surface area contributed by atoms with Crippen molar-refractivity contribution in [1.82, 2.24) is 10.3 Å². The van der Waals surface area contributed by atoms with Crippen molar-refractivity contribution in [3.8, 4) is 0 Å². The smallest absolute Gasteiger partial charge is 0.239 e. The van der Waals surface area contributed by atoms with Crippen molar-refractivity contribution in [3.05, 3.63) is 17.8 Å². The summed E-state index contributed by atoms with van der Waals surface area (Å²) < 4.78 is 0. The van der Waals surface area contributed by atoms with Gasteiger partial charge in [0.2, 0.25) is 5.91 Å². The van der Waals surface area contributed by atoms with E-state index in [1.807, 2.05) is 18.7 Å². The molecule has 0 spiro atoms. The van der Waals surface area contributed by atoms with Crippen LogP contribution in [0.4, 0.5) is 11.5 Å². The highest BCUT2D eigenvalue weighted by Crippen LogP contribution is 2.17. The topological polar surface area (TPSA) is 71.2 Å². The summed E-state index contributed by atoms with van der Waals surface area (Å²) in [5, 5.41) is 2.59. The predicted octanol–water partition coefficient (Wildman–Crippen LogP) is 0.545. The first-order chi connectivity index (χ1) is 7.58. The molecule has 1 aromatic rings. The fourth-order valence-corrected chi connectivity index (χ4v) is 1.31. The summed E-state index contributed by atoms with van der Waals surface area (Å²) in [6.45, 7) is 4.88. The van der Waals surface area contributed by atoms with Crippen molar-refractivity contribution in [2.75, 3.05) is 30.8 Å². The van der Waals surface area contributed by atoms with E-state index in [-0.39, 0.29) is 5.91 Å². The normalized spacial score (nSPS) is 9.94. The van der Waals surface area contributed by atoms with Gasteiger partial charge in [-0.15, -0.1) is 0 Å². The fraction of sp³-hybridized carbons (Fsp3) is 0.455. The Balaban J connectivity index is 2.86.